The molecule has 3 atom stereocenters. The van der Waals surface area contributed by atoms with Gasteiger partial charge in [0.2, 0.25) is 0 Å². The maximum atomic E-state index is 12.9. The smallest absolute Gasteiger partial charge is 0.389 e. The molecular weight excluding hydrogens is 477 g/mol. The molecule has 1 fully saturated rings. The van der Waals surface area contributed by atoms with E-state index in [2.05, 4.69) is 17.6 Å². The molecule has 2 heterocycles. The van der Waals surface area contributed by atoms with Gasteiger partial charge in [-0.3, -0.25) is 9.59 Å². The van der Waals surface area contributed by atoms with Crippen LogP contribution in [0.5, 0.6) is 0 Å². The van der Waals surface area contributed by atoms with Gasteiger partial charge < -0.3 is 9.67 Å². The standard InChI is InChI=1S/C26H29F3N2O3S/c1-16-5-2-3-7-21(16)31-22-9-8-17(13-20(22)30-24(31)15-19-6-4-12-35-19)23(32)14-18(25(33)34)10-11-26(27,28)29/h4,6,8-9,12-13,16,18,21H,2-3,5,7,10-11,14-15H2,1H3,(H,33,34)/t16-,18?,21-/m1/s1. The average molecular weight is 507 g/mol. The molecule has 5 nitrogen and oxygen atoms in total. The molecule has 1 aliphatic rings. The van der Waals surface area contributed by atoms with E-state index in [1.165, 1.54) is 11.3 Å². The Morgan fingerprint density at radius 2 is 2.00 bits per heavy atom. The number of carboxylic acid groups (broad SMARTS) is 1. The third kappa shape index (κ3) is 6.12. The zero-order valence-electron chi connectivity index (χ0n) is 19.6. The quantitative estimate of drug-likeness (QED) is 0.316. The molecule has 1 saturated carbocycles. The van der Waals surface area contributed by atoms with Gasteiger partial charge in [0.05, 0.1) is 17.0 Å². The van der Waals surface area contributed by atoms with Gasteiger partial charge in [0, 0.05) is 35.7 Å². The highest BCUT2D eigenvalue weighted by molar-refractivity contribution is 7.09. The number of nitrogens with zero attached hydrogens (tertiary/aromatic N) is 2. The molecule has 3 aromatic rings. The molecule has 1 aromatic carbocycles. The summed E-state index contributed by atoms with van der Waals surface area (Å²) in [7, 11) is 0. The normalized spacial score (nSPS) is 19.7. The van der Waals surface area contributed by atoms with Gasteiger partial charge >= 0.3 is 12.1 Å². The number of thiophene rings is 1. The molecule has 188 valence electrons. The Hall–Kier alpha value is -2.68. The van der Waals surface area contributed by atoms with Gasteiger partial charge in [0.25, 0.3) is 0 Å². The number of rotatable bonds is 9. The highest BCUT2D eigenvalue weighted by Gasteiger charge is 2.32. The Bertz CT molecular complexity index is 1190. The van der Waals surface area contributed by atoms with E-state index in [0.717, 1.165) is 30.6 Å². The van der Waals surface area contributed by atoms with Crippen LogP contribution < -0.4 is 0 Å². The molecule has 1 unspecified atom stereocenters. The zero-order chi connectivity index (χ0) is 25.2. The number of halogens is 3. The summed E-state index contributed by atoms with van der Waals surface area (Å²) in [5, 5.41) is 11.4. The van der Waals surface area contributed by atoms with E-state index in [0.29, 0.717) is 23.9 Å². The van der Waals surface area contributed by atoms with E-state index < -0.39 is 43.1 Å². The first-order chi connectivity index (χ1) is 16.6. The Balaban J connectivity index is 1.63. The number of alkyl halides is 3. The van der Waals surface area contributed by atoms with Crippen molar-refractivity contribution in [2.45, 2.75) is 70.5 Å². The summed E-state index contributed by atoms with van der Waals surface area (Å²) in [6.07, 6.45) is -1.54. The Morgan fingerprint density at radius 3 is 2.66 bits per heavy atom. The van der Waals surface area contributed by atoms with E-state index in [1.807, 2.05) is 17.5 Å². The average Bonchev–Trinajstić information content (AvgIpc) is 3.43. The van der Waals surface area contributed by atoms with Crippen molar-refractivity contribution in [1.29, 1.82) is 0 Å². The van der Waals surface area contributed by atoms with Crippen molar-refractivity contribution in [1.82, 2.24) is 9.55 Å². The molecule has 9 heteroatoms. The van der Waals surface area contributed by atoms with Crippen LogP contribution in [-0.4, -0.2) is 32.6 Å². The fourth-order valence-corrected chi connectivity index (χ4v) is 5.76. The second-order valence-corrected chi connectivity index (χ2v) is 10.5. The van der Waals surface area contributed by atoms with Crippen molar-refractivity contribution in [3.63, 3.8) is 0 Å². The van der Waals surface area contributed by atoms with E-state index in [4.69, 9.17) is 4.98 Å². The van der Waals surface area contributed by atoms with Crippen LogP contribution in [0.25, 0.3) is 11.0 Å². The highest BCUT2D eigenvalue weighted by Crippen LogP contribution is 2.37. The number of benzene rings is 1. The van der Waals surface area contributed by atoms with Crippen LogP contribution in [0.15, 0.2) is 35.7 Å². The molecule has 0 saturated heterocycles. The van der Waals surface area contributed by atoms with Crippen molar-refractivity contribution < 1.29 is 27.9 Å². The van der Waals surface area contributed by atoms with Crippen LogP contribution in [0.1, 0.15) is 79.0 Å². The summed E-state index contributed by atoms with van der Waals surface area (Å²) in [6, 6.07) is 9.53. The third-order valence-electron chi connectivity index (χ3n) is 6.95. The molecule has 1 N–H and O–H groups in total. The van der Waals surface area contributed by atoms with Gasteiger partial charge in [-0.25, -0.2) is 4.98 Å². The van der Waals surface area contributed by atoms with E-state index in [-0.39, 0.29) is 5.56 Å². The second kappa shape index (κ2) is 10.5. The first-order valence-corrected chi connectivity index (χ1v) is 12.9. The number of hydrogen-bond donors (Lipinski definition) is 1. The van der Waals surface area contributed by atoms with Crippen molar-refractivity contribution in [2.75, 3.05) is 0 Å². The third-order valence-corrected chi connectivity index (χ3v) is 7.83. The maximum absolute atomic E-state index is 12.9. The van der Waals surface area contributed by atoms with E-state index in [1.54, 1.807) is 23.5 Å². The number of aromatic nitrogens is 2. The van der Waals surface area contributed by atoms with Crippen LogP contribution in [0, 0.1) is 11.8 Å². The highest BCUT2D eigenvalue weighted by atomic mass is 32.1. The summed E-state index contributed by atoms with van der Waals surface area (Å²) >= 11 is 1.66. The number of ketones is 1. The second-order valence-electron chi connectivity index (χ2n) is 9.50. The van der Waals surface area contributed by atoms with Crippen molar-refractivity contribution >= 4 is 34.1 Å². The molecule has 2 aromatic heterocycles. The molecule has 35 heavy (non-hydrogen) atoms. The number of carbonyl (C=O) groups excluding carboxylic acids is 1. The summed E-state index contributed by atoms with van der Waals surface area (Å²) in [6.45, 7) is 2.26. The van der Waals surface area contributed by atoms with Crippen molar-refractivity contribution in [3.8, 4) is 0 Å². The number of aliphatic carboxylic acids is 1. The minimum atomic E-state index is -4.46. The summed E-state index contributed by atoms with van der Waals surface area (Å²) < 4.78 is 40.1. The molecule has 0 bridgehead atoms. The zero-order valence-corrected chi connectivity index (χ0v) is 20.4. The molecule has 0 radical (unpaired) electrons. The van der Waals surface area contributed by atoms with Gasteiger partial charge in [0.1, 0.15) is 5.82 Å². The number of imidazole rings is 1. The molecule has 4 rings (SSSR count). The van der Waals surface area contributed by atoms with Crippen LogP contribution >= 0.6 is 11.3 Å². The fourth-order valence-electron chi connectivity index (χ4n) is 5.06. The summed E-state index contributed by atoms with van der Waals surface area (Å²) in [5.74, 6) is -1.83. The molecule has 0 aliphatic heterocycles. The number of fused-ring (bicyclic) bond motifs is 1. The Labute approximate surface area is 206 Å². The predicted octanol–water partition coefficient (Wildman–Crippen LogP) is 7.06. The van der Waals surface area contributed by atoms with Crippen LogP contribution in [0.2, 0.25) is 0 Å². The number of hydrogen-bond acceptors (Lipinski definition) is 4. The minimum Gasteiger partial charge on any atom is -0.481 e. The first kappa shape index (κ1) is 25.4. The number of carboxylic acids is 1. The largest absolute Gasteiger partial charge is 0.481 e. The monoisotopic (exact) mass is 506 g/mol. The first-order valence-electron chi connectivity index (χ1n) is 12.0. The van der Waals surface area contributed by atoms with Crippen LogP contribution in [-0.2, 0) is 11.2 Å². The summed E-state index contributed by atoms with van der Waals surface area (Å²) in [5.41, 5.74) is 1.86. The van der Waals surface area contributed by atoms with Crippen LogP contribution in [0.3, 0.4) is 0 Å². The van der Waals surface area contributed by atoms with E-state index >= 15 is 0 Å². The number of carbonyl (C=O) groups is 2. The van der Waals surface area contributed by atoms with E-state index in [9.17, 15) is 27.9 Å². The van der Waals surface area contributed by atoms with Crippen LogP contribution in [0.4, 0.5) is 13.2 Å². The van der Waals surface area contributed by atoms with Gasteiger partial charge in [-0.1, -0.05) is 25.8 Å². The van der Waals surface area contributed by atoms with Gasteiger partial charge in [-0.15, -0.1) is 11.3 Å². The lowest BCUT2D eigenvalue weighted by Gasteiger charge is -2.31. The minimum absolute atomic E-state index is 0.278. The lowest BCUT2D eigenvalue weighted by atomic mass is 9.85. The molecule has 0 amide bonds. The molecule has 0 spiro atoms. The summed E-state index contributed by atoms with van der Waals surface area (Å²) in [4.78, 5) is 30.4. The molecule has 1 aliphatic carbocycles. The number of Topliss-reactive ketones (excluding diaryl/α,β-unsaturated/α-hetero) is 1. The fraction of sp³-hybridized carbons (Fsp3) is 0.500. The SMILES string of the molecule is C[C@@H]1CCCC[C@H]1n1c(Cc2cccs2)nc2cc(C(=O)CC(CCC(F)(F)F)C(=O)O)ccc21. The molecular formula is C26H29F3N2O3S. The Morgan fingerprint density at radius 1 is 1.23 bits per heavy atom. The van der Waals surface area contributed by atoms with Gasteiger partial charge in [0.15, 0.2) is 5.78 Å². The van der Waals surface area contributed by atoms with Crippen molar-refractivity contribution in [3.05, 3.63) is 52.0 Å². The Kier molecular flexibility index (Phi) is 7.64. The lowest BCUT2D eigenvalue weighted by molar-refractivity contribution is -0.148. The van der Waals surface area contributed by atoms with Crippen molar-refractivity contribution in [2.24, 2.45) is 11.8 Å². The topological polar surface area (TPSA) is 72.2 Å². The van der Waals surface area contributed by atoms with Gasteiger partial charge in [-0.05, 0) is 54.8 Å². The predicted molar refractivity (Wildman–Crippen MR) is 129 cm³/mol. The lowest BCUT2D eigenvalue weighted by Crippen LogP contribution is -2.23. The van der Waals surface area contributed by atoms with Gasteiger partial charge in [-0.2, -0.15) is 13.2 Å². The maximum Gasteiger partial charge on any atom is 0.389 e.